The lowest BCUT2D eigenvalue weighted by atomic mass is 9.97. The molecule has 3 aromatic rings. The maximum atomic E-state index is 12.9. The zero-order valence-electron chi connectivity index (χ0n) is 15.2. The summed E-state index contributed by atoms with van der Waals surface area (Å²) in [6, 6.07) is 6.82. The summed E-state index contributed by atoms with van der Waals surface area (Å²) >= 11 is 0. The topological polar surface area (TPSA) is 94.7 Å². The Labute approximate surface area is 162 Å². The molecular formula is C18H17F3N6O2. The number of nitrogens with zero attached hydrogens (tertiary/aromatic N) is 5. The molecule has 1 amide bonds. The molecule has 0 aliphatic carbocycles. The number of carbonyl (C=O) groups is 1. The number of alkyl halides is 3. The largest absolute Gasteiger partial charge is 0.392 e. The Kier molecular flexibility index (Phi) is 4.81. The summed E-state index contributed by atoms with van der Waals surface area (Å²) in [7, 11) is 0. The normalized spacial score (nSPS) is 16.6. The van der Waals surface area contributed by atoms with Crippen molar-refractivity contribution in [3.8, 4) is 0 Å². The third kappa shape index (κ3) is 3.84. The van der Waals surface area contributed by atoms with Gasteiger partial charge in [0.05, 0.1) is 29.7 Å². The quantitative estimate of drug-likeness (QED) is 0.707. The van der Waals surface area contributed by atoms with E-state index >= 15 is 0 Å². The average Bonchev–Trinajstić information content (AvgIpc) is 3.10. The van der Waals surface area contributed by atoms with E-state index in [4.69, 9.17) is 0 Å². The van der Waals surface area contributed by atoms with Gasteiger partial charge in [0.15, 0.2) is 5.82 Å². The zero-order chi connectivity index (χ0) is 20.6. The van der Waals surface area contributed by atoms with Crippen LogP contribution in [0.25, 0.3) is 10.9 Å². The highest BCUT2D eigenvalue weighted by Gasteiger charge is 2.42. The Morgan fingerprint density at radius 3 is 2.83 bits per heavy atom. The van der Waals surface area contributed by atoms with Gasteiger partial charge in [-0.15, -0.1) is 10.2 Å². The fourth-order valence-corrected chi connectivity index (χ4v) is 3.41. The Hall–Kier alpha value is -3.24. The number of amides is 1. The number of benzene rings is 1. The zero-order valence-corrected chi connectivity index (χ0v) is 15.2. The van der Waals surface area contributed by atoms with Gasteiger partial charge in [0.25, 0.3) is 5.56 Å². The van der Waals surface area contributed by atoms with Crippen molar-refractivity contribution in [3.63, 3.8) is 0 Å². The number of halogens is 3. The number of nitrogens with one attached hydrogen (secondary N) is 1. The summed E-state index contributed by atoms with van der Waals surface area (Å²) in [5.74, 6) is -1.21. The first-order chi connectivity index (χ1) is 13.8. The molecule has 2 aromatic heterocycles. The van der Waals surface area contributed by atoms with Gasteiger partial charge in [-0.3, -0.25) is 14.2 Å². The predicted octanol–water partition coefficient (Wildman–Crippen LogP) is 1.43. The summed E-state index contributed by atoms with van der Waals surface area (Å²) in [5, 5.41) is 10.8. The Morgan fingerprint density at radius 1 is 1.24 bits per heavy atom. The summed E-state index contributed by atoms with van der Waals surface area (Å²) < 4.78 is 41.5. The van der Waals surface area contributed by atoms with E-state index in [1.165, 1.54) is 10.9 Å². The highest BCUT2D eigenvalue weighted by atomic mass is 19.4. The number of hydrogen-bond acceptors (Lipinski definition) is 5. The van der Waals surface area contributed by atoms with Crippen molar-refractivity contribution in [2.45, 2.75) is 38.7 Å². The van der Waals surface area contributed by atoms with Crippen LogP contribution in [-0.2, 0) is 30.8 Å². The van der Waals surface area contributed by atoms with E-state index in [2.05, 4.69) is 20.5 Å². The van der Waals surface area contributed by atoms with E-state index in [0.717, 1.165) is 0 Å². The first kappa shape index (κ1) is 19.1. The third-order valence-corrected chi connectivity index (χ3v) is 4.99. The molecule has 1 aliphatic heterocycles. The summed E-state index contributed by atoms with van der Waals surface area (Å²) in [6.07, 6.45) is -3.22. The lowest BCUT2D eigenvalue weighted by molar-refractivity contribution is -0.179. The van der Waals surface area contributed by atoms with Gasteiger partial charge in [-0.1, -0.05) is 12.1 Å². The van der Waals surface area contributed by atoms with Crippen LogP contribution in [0.1, 0.15) is 18.1 Å². The van der Waals surface area contributed by atoms with Gasteiger partial charge in [-0.25, -0.2) is 4.98 Å². The molecule has 11 heteroatoms. The Bertz CT molecular complexity index is 1120. The monoisotopic (exact) mass is 406 g/mol. The summed E-state index contributed by atoms with van der Waals surface area (Å²) in [4.78, 5) is 28.8. The molecule has 0 spiro atoms. The minimum atomic E-state index is -4.26. The first-order valence-corrected chi connectivity index (χ1v) is 9.01. The van der Waals surface area contributed by atoms with Gasteiger partial charge in [-0.05, 0) is 18.6 Å². The molecule has 0 saturated carbocycles. The molecule has 4 rings (SSSR count). The molecule has 3 heterocycles. The fourth-order valence-electron chi connectivity index (χ4n) is 3.41. The maximum Gasteiger partial charge on any atom is 0.392 e. The third-order valence-electron chi connectivity index (χ3n) is 4.99. The molecule has 0 bridgehead atoms. The second kappa shape index (κ2) is 7.30. The number of para-hydroxylation sites is 1. The first-order valence-electron chi connectivity index (χ1n) is 9.01. The van der Waals surface area contributed by atoms with Crippen LogP contribution in [0, 0.1) is 5.92 Å². The van der Waals surface area contributed by atoms with Crippen LogP contribution >= 0.6 is 0 Å². The second-order valence-electron chi connectivity index (χ2n) is 6.89. The van der Waals surface area contributed by atoms with Crippen LogP contribution in [0.5, 0.6) is 0 Å². The molecule has 1 aromatic carbocycles. The van der Waals surface area contributed by atoms with Gasteiger partial charge in [0.1, 0.15) is 12.4 Å². The number of aromatic nitrogens is 5. The van der Waals surface area contributed by atoms with Crippen molar-refractivity contribution in [2.24, 2.45) is 5.92 Å². The molecule has 0 fully saturated rings. The van der Waals surface area contributed by atoms with E-state index in [1.54, 1.807) is 28.8 Å². The predicted molar refractivity (Wildman–Crippen MR) is 95.7 cm³/mol. The molecule has 152 valence electrons. The van der Waals surface area contributed by atoms with Crippen molar-refractivity contribution >= 4 is 16.8 Å². The van der Waals surface area contributed by atoms with Crippen LogP contribution in [0.15, 0.2) is 35.4 Å². The number of rotatable bonds is 4. The molecule has 1 N–H and O–H groups in total. The number of hydrogen-bond donors (Lipinski definition) is 1. The van der Waals surface area contributed by atoms with Gasteiger partial charge < -0.3 is 9.88 Å². The highest BCUT2D eigenvalue weighted by molar-refractivity contribution is 5.78. The van der Waals surface area contributed by atoms with Gasteiger partial charge >= 0.3 is 6.18 Å². The van der Waals surface area contributed by atoms with Crippen LogP contribution in [0.2, 0.25) is 0 Å². The Balaban J connectivity index is 1.41. The van der Waals surface area contributed by atoms with E-state index in [-0.39, 0.29) is 43.9 Å². The molecule has 29 heavy (non-hydrogen) atoms. The highest BCUT2D eigenvalue weighted by Crippen LogP contribution is 2.34. The van der Waals surface area contributed by atoms with E-state index in [1.807, 2.05) is 0 Å². The number of carbonyl (C=O) groups excluding carboxylic acids is 1. The van der Waals surface area contributed by atoms with Crippen LogP contribution in [0.3, 0.4) is 0 Å². The van der Waals surface area contributed by atoms with Crippen molar-refractivity contribution in [2.75, 3.05) is 0 Å². The lowest BCUT2D eigenvalue weighted by Gasteiger charge is -2.25. The minimum Gasteiger partial charge on any atom is -0.347 e. The van der Waals surface area contributed by atoms with Crippen molar-refractivity contribution < 1.29 is 18.0 Å². The van der Waals surface area contributed by atoms with E-state index in [0.29, 0.717) is 16.7 Å². The molecular weight excluding hydrogens is 389 g/mol. The smallest absolute Gasteiger partial charge is 0.347 e. The maximum absolute atomic E-state index is 12.9. The minimum absolute atomic E-state index is 0.0122. The van der Waals surface area contributed by atoms with Crippen molar-refractivity contribution in [1.82, 2.24) is 29.6 Å². The van der Waals surface area contributed by atoms with Gasteiger partial charge in [-0.2, -0.15) is 13.2 Å². The Morgan fingerprint density at radius 2 is 2.03 bits per heavy atom. The number of fused-ring (bicyclic) bond motifs is 2. The molecule has 1 atom stereocenters. The molecule has 8 nitrogen and oxygen atoms in total. The van der Waals surface area contributed by atoms with Crippen LogP contribution in [-0.4, -0.2) is 36.4 Å². The lowest BCUT2D eigenvalue weighted by Crippen LogP contribution is -2.34. The van der Waals surface area contributed by atoms with Gasteiger partial charge in [0.2, 0.25) is 5.91 Å². The van der Waals surface area contributed by atoms with Crippen LogP contribution < -0.4 is 10.9 Å². The average molecular weight is 406 g/mol. The van der Waals surface area contributed by atoms with Crippen LogP contribution in [0.4, 0.5) is 13.2 Å². The molecule has 1 aliphatic rings. The molecule has 0 saturated heterocycles. The molecule has 0 radical (unpaired) electrons. The van der Waals surface area contributed by atoms with Crippen molar-refractivity contribution in [1.29, 1.82) is 0 Å². The van der Waals surface area contributed by atoms with Crippen molar-refractivity contribution in [3.05, 3.63) is 52.6 Å². The SMILES string of the molecule is O=C(Cn1cnc2ccccc2c1=O)NCc1nnc2n1CCC(C(F)(F)F)C2. The van der Waals surface area contributed by atoms with E-state index < -0.39 is 18.0 Å². The summed E-state index contributed by atoms with van der Waals surface area (Å²) in [5.41, 5.74) is 0.213. The fraction of sp³-hybridized carbons (Fsp3) is 0.389. The summed E-state index contributed by atoms with van der Waals surface area (Å²) in [6.45, 7) is -0.0716. The second-order valence-corrected chi connectivity index (χ2v) is 6.89. The van der Waals surface area contributed by atoms with E-state index in [9.17, 15) is 22.8 Å². The molecule has 1 unspecified atom stereocenters. The standard InChI is InChI=1S/C18H17F3N6O2/c19-18(20,21)11-5-6-27-14(7-11)24-25-15(27)8-22-16(28)9-26-10-23-13-4-2-1-3-12(13)17(26)29/h1-4,10-11H,5-9H2,(H,22,28). The van der Waals surface area contributed by atoms with Gasteiger partial charge in [0, 0.05) is 13.0 Å².